The summed E-state index contributed by atoms with van der Waals surface area (Å²) in [4.78, 5) is 0. The predicted octanol–water partition coefficient (Wildman–Crippen LogP) is 6.14. The largest absolute Gasteiger partial charge is 0.0654 e. The minimum Gasteiger partial charge on any atom is -0.0654 e. The first-order chi connectivity index (χ1) is 9.17. The molecule has 0 radical (unpaired) electrons. The molecule has 1 atom stereocenters. The van der Waals surface area contributed by atoms with E-state index in [1.165, 1.54) is 47.6 Å². The number of unbranched alkanes of at least 4 members (excludes halogenated alkanes) is 1. The third-order valence-electron chi connectivity index (χ3n) is 4.24. The number of rotatable bonds is 5. The van der Waals surface area contributed by atoms with Gasteiger partial charge in [0.1, 0.15) is 0 Å². The van der Waals surface area contributed by atoms with E-state index in [0.29, 0.717) is 5.92 Å². The van der Waals surface area contributed by atoms with Crippen LogP contribution in [-0.4, -0.2) is 0 Å². The summed E-state index contributed by atoms with van der Waals surface area (Å²) >= 11 is 0. The van der Waals surface area contributed by atoms with Crippen LogP contribution in [0.2, 0.25) is 0 Å². The molecule has 0 saturated carbocycles. The van der Waals surface area contributed by atoms with Crippen LogP contribution in [0, 0.1) is 13.8 Å². The zero-order chi connectivity index (χ0) is 13.8. The highest BCUT2D eigenvalue weighted by molar-refractivity contribution is 5.87. The highest BCUT2D eigenvalue weighted by Crippen LogP contribution is 2.34. The van der Waals surface area contributed by atoms with Crippen molar-refractivity contribution in [3.63, 3.8) is 0 Å². The summed E-state index contributed by atoms with van der Waals surface area (Å²) in [5, 5.41) is 2.86. The Morgan fingerprint density at radius 2 is 1.79 bits per heavy atom. The highest BCUT2D eigenvalue weighted by atomic mass is 14.2. The second-order valence-corrected chi connectivity index (χ2v) is 5.77. The van der Waals surface area contributed by atoms with Gasteiger partial charge in [0, 0.05) is 0 Å². The zero-order valence-corrected chi connectivity index (χ0v) is 12.8. The second-order valence-electron chi connectivity index (χ2n) is 5.77. The van der Waals surface area contributed by atoms with Crippen molar-refractivity contribution in [1.82, 2.24) is 0 Å². The molecule has 0 saturated heterocycles. The van der Waals surface area contributed by atoms with E-state index >= 15 is 0 Å². The minimum absolute atomic E-state index is 0.714. The molecule has 102 valence electrons. The van der Waals surface area contributed by atoms with Gasteiger partial charge in [-0.15, -0.1) is 0 Å². The maximum Gasteiger partial charge on any atom is -0.0146 e. The lowest BCUT2D eigenvalue weighted by Crippen LogP contribution is -2.01. The Labute approximate surface area is 117 Å². The molecule has 0 N–H and O–H groups in total. The van der Waals surface area contributed by atoms with Crippen molar-refractivity contribution < 1.29 is 0 Å². The molecule has 2 rings (SSSR count). The molecule has 0 aliphatic rings. The van der Waals surface area contributed by atoms with Crippen LogP contribution >= 0.6 is 0 Å². The van der Waals surface area contributed by atoms with Gasteiger partial charge in [-0.25, -0.2) is 0 Å². The first kappa shape index (κ1) is 14.1. The van der Waals surface area contributed by atoms with E-state index in [4.69, 9.17) is 0 Å². The maximum atomic E-state index is 2.33. The number of benzene rings is 2. The van der Waals surface area contributed by atoms with Crippen LogP contribution in [0.15, 0.2) is 30.3 Å². The molecule has 1 unspecified atom stereocenters. The fourth-order valence-electron chi connectivity index (χ4n) is 3.13. The lowest BCUT2D eigenvalue weighted by molar-refractivity contribution is 0.571. The van der Waals surface area contributed by atoms with Crippen molar-refractivity contribution in [2.24, 2.45) is 0 Å². The van der Waals surface area contributed by atoms with Gasteiger partial charge >= 0.3 is 0 Å². The third kappa shape index (κ3) is 3.00. The topological polar surface area (TPSA) is 0 Å². The van der Waals surface area contributed by atoms with Gasteiger partial charge in [-0.2, -0.15) is 0 Å². The van der Waals surface area contributed by atoms with Gasteiger partial charge in [0.25, 0.3) is 0 Å². The summed E-state index contributed by atoms with van der Waals surface area (Å²) in [5.41, 5.74) is 4.40. The monoisotopic (exact) mass is 254 g/mol. The zero-order valence-electron chi connectivity index (χ0n) is 12.8. The number of hydrogen-bond acceptors (Lipinski definition) is 0. The number of hydrogen-bond donors (Lipinski definition) is 0. The first-order valence-corrected chi connectivity index (χ1v) is 7.67. The Bertz CT molecular complexity index is 551. The van der Waals surface area contributed by atoms with Crippen LogP contribution in [0.25, 0.3) is 10.8 Å². The lowest BCUT2D eigenvalue weighted by atomic mass is 9.84. The molecular weight excluding hydrogens is 228 g/mol. The average Bonchev–Trinajstić information content (AvgIpc) is 2.41. The molecule has 2 aromatic rings. The highest BCUT2D eigenvalue weighted by Gasteiger charge is 2.14. The smallest absolute Gasteiger partial charge is 0.0146 e. The Morgan fingerprint density at radius 1 is 1.00 bits per heavy atom. The molecule has 0 fully saturated rings. The van der Waals surface area contributed by atoms with Crippen LogP contribution < -0.4 is 0 Å². The fraction of sp³-hybridized carbons (Fsp3) is 0.474. The van der Waals surface area contributed by atoms with Crippen molar-refractivity contribution >= 4 is 10.8 Å². The van der Waals surface area contributed by atoms with Crippen molar-refractivity contribution in [1.29, 1.82) is 0 Å². The van der Waals surface area contributed by atoms with E-state index in [9.17, 15) is 0 Å². The Kier molecular flexibility index (Phi) is 4.63. The van der Waals surface area contributed by atoms with Gasteiger partial charge in [-0.05, 0) is 54.5 Å². The summed E-state index contributed by atoms with van der Waals surface area (Å²) < 4.78 is 0. The Balaban J connectivity index is 2.53. The minimum atomic E-state index is 0.714. The average molecular weight is 254 g/mol. The van der Waals surface area contributed by atoms with E-state index in [1.54, 1.807) is 5.56 Å². The fourth-order valence-corrected chi connectivity index (χ4v) is 3.13. The maximum absolute atomic E-state index is 2.33. The molecule has 2 aromatic carbocycles. The molecule has 0 amide bonds. The van der Waals surface area contributed by atoms with Gasteiger partial charge in [-0.3, -0.25) is 0 Å². The molecule has 0 aliphatic heterocycles. The van der Waals surface area contributed by atoms with E-state index in [2.05, 4.69) is 58.0 Å². The van der Waals surface area contributed by atoms with Crippen molar-refractivity contribution in [2.45, 2.75) is 59.3 Å². The van der Waals surface area contributed by atoms with E-state index in [1.807, 2.05) is 0 Å². The third-order valence-corrected chi connectivity index (χ3v) is 4.24. The van der Waals surface area contributed by atoms with Crippen LogP contribution in [0.1, 0.15) is 62.1 Å². The second kappa shape index (κ2) is 6.23. The van der Waals surface area contributed by atoms with E-state index in [0.717, 1.165) is 0 Å². The summed E-state index contributed by atoms with van der Waals surface area (Å²) in [6.45, 7) is 9.05. The standard InChI is InChI=1S/C19H26/c1-5-7-8-16(6-2)19-15(4)10-11-17-13-14(3)9-12-18(17)19/h9-13,16H,5-8H2,1-4H3. The molecule has 0 bridgehead atoms. The summed E-state index contributed by atoms with van der Waals surface area (Å²) in [7, 11) is 0. The molecule has 19 heavy (non-hydrogen) atoms. The van der Waals surface area contributed by atoms with Crippen molar-refractivity contribution in [3.8, 4) is 0 Å². The van der Waals surface area contributed by atoms with Gasteiger partial charge in [0.05, 0.1) is 0 Å². The first-order valence-electron chi connectivity index (χ1n) is 7.67. The van der Waals surface area contributed by atoms with Crippen LogP contribution in [0.5, 0.6) is 0 Å². The molecule has 0 heteroatoms. The summed E-state index contributed by atoms with van der Waals surface area (Å²) in [6, 6.07) is 11.4. The van der Waals surface area contributed by atoms with Gasteiger partial charge in [0.15, 0.2) is 0 Å². The summed E-state index contributed by atoms with van der Waals surface area (Å²) in [5.74, 6) is 0.714. The van der Waals surface area contributed by atoms with Crippen LogP contribution in [-0.2, 0) is 0 Å². The number of aryl methyl sites for hydroxylation is 2. The quantitative estimate of drug-likeness (QED) is 0.601. The van der Waals surface area contributed by atoms with E-state index in [-0.39, 0.29) is 0 Å². The molecule has 0 aromatic heterocycles. The summed E-state index contributed by atoms with van der Waals surface area (Å²) in [6.07, 6.45) is 5.19. The Morgan fingerprint density at radius 3 is 2.47 bits per heavy atom. The molecule has 0 spiro atoms. The molecular formula is C19H26. The van der Waals surface area contributed by atoms with Gasteiger partial charge < -0.3 is 0 Å². The van der Waals surface area contributed by atoms with Crippen LogP contribution in [0.4, 0.5) is 0 Å². The van der Waals surface area contributed by atoms with Crippen molar-refractivity contribution in [3.05, 3.63) is 47.0 Å². The predicted molar refractivity (Wildman–Crippen MR) is 86.0 cm³/mol. The van der Waals surface area contributed by atoms with Gasteiger partial charge in [-0.1, -0.05) is 62.6 Å². The Hall–Kier alpha value is -1.30. The van der Waals surface area contributed by atoms with E-state index < -0.39 is 0 Å². The molecule has 0 aliphatic carbocycles. The normalized spacial score (nSPS) is 12.8. The van der Waals surface area contributed by atoms with Crippen molar-refractivity contribution in [2.75, 3.05) is 0 Å². The lowest BCUT2D eigenvalue weighted by Gasteiger charge is -2.20. The number of fused-ring (bicyclic) bond motifs is 1. The van der Waals surface area contributed by atoms with Gasteiger partial charge in [0.2, 0.25) is 0 Å². The molecule has 0 heterocycles. The molecule has 0 nitrogen and oxygen atoms in total. The van der Waals surface area contributed by atoms with Crippen LogP contribution in [0.3, 0.4) is 0 Å². The SMILES string of the molecule is CCCCC(CC)c1c(C)ccc2cc(C)ccc12.